The summed E-state index contributed by atoms with van der Waals surface area (Å²) in [4.78, 5) is 25.3. The SMILES string of the molecule is CC(C)Sc1ccc(OC(F)F)c(-c2nn(Cc3nnn(C4CN(CCC5(N(C)C)CC5)C4)n3)cc2CC(=O)c2cnn3cccnc23)c1. The van der Waals surface area contributed by atoms with Gasteiger partial charge >= 0.3 is 6.61 Å². The van der Waals surface area contributed by atoms with Gasteiger partial charge in [-0.1, -0.05) is 13.8 Å². The molecule has 5 aromatic rings. The van der Waals surface area contributed by atoms with Crippen LogP contribution in [0.25, 0.3) is 16.9 Å². The molecule has 2 fully saturated rings. The minimum atomic E-state index is -3.04. The summed E-state index contributed by atoms with van der Waals surface area (Å²) in [7, 11) is 4.32. The topological polar surface area (TPSA) is 124 Å². The van der Waals surface area contributed by atoms with Crippen molar-refractivity contribution < 1.29 is 18.3 Å². The Kier molecular flexibility index (Phi) is 9.19. The minimum Gasteiger partial charge on any atom is -0.434 e. The first-order valence-corrected chi connectivity index (χ1v) is 17.3. The molecule has 0 spiro atoms. The summed E-state index contributed by atoms with van der Waals surface area (Å²) in [5.41, 5.74) is 2.38. The van der Waals surface area contributed by atoms with E-state index in [1.54, 1.807) is 58.0 Å². The number of thioether (sulfide) groups is 1. The lowest BCUT2D eigenvalue weighted by atomic mass is 10.0. The maximum atomic E-state index is 13.7. The van der Waals surface area contributed by atoms with Gasteiger partial charge in [0.25, 0.3) is 0 Å². The van der Waals surface area contributed by atoms with Crippen molar-refractivity contribution in [1.82, 2.24) is 54.4 Å². The molecule has 1 aliphatic carbocycles. The van der Waals surface area contributed by atoms with E-state index in [1.165, 1.54) is 29.6 Å². The lowest BCUT2D eigenvalue weighted by Crippen LogP contribution is -2.50. The number of carbonyl (C=O) groups is 1. The van der Waals surface area contributed by atoms with Gasteiger partial charge in [0.15, 0.2) is 17.3 Å². The number of fused-ring (bicyclic) bond motifs is 1. The Morgan fingerprint density at radius 2 is 2.00 bits per heavy atom. The molecule has 49 heavy (non-hydrogen) atoms. The molecule has 5 heterocycles. The van der Waals surface area contributed by atoms with Crippen molar-refractivity contribution >= 4 is 23.2 Å². The smallest absolute Gasteiger partial charge is 0.387 e. The van der Waals surface area contributed by atoms with Crippen LogP contribution >= 0.6 is 11.8 Å². The second kappa shape index (κ2) is 13.6. The predicted octanol–water partition coefficient (Wildman–Crippen LogP) is 4.50. The molecular weight excluding hydrogens is 653 g/mol. The molecule has 0 radical (unpaired) electrons. The Balaban J connectivity index is 1.13. The number of likely N-dealkylation sites (tertiary alicyclic amines) is 1. The van der Waals surface area contributed by atoms with Crippen LogP contribution in [0.3, 0.4) is 0 Å². The van der Waals surface area contributed by atoms with Crippen molar-refractivity contribution in [2.75, 3.05) is 33.7 Å². The van der Waals surface area contributed by atoms with E-state index in [2.05, 4.69) is 49.4 Å². The van der Waals surface area contributed by atoms with Crippen molar-refractivity contribution in [3.8, 4) is 17.0 Å². The minimum absolute atomic E-state index is 0.0310. The van der Waals surface area contributed by atoms with Gasteiger partial charge in [0, 0.05) is 71.5 Å². The first-order valence-electron chi connectivity index (χ1n) is 16.4. The molecule has 0 N–H and O–H groups in total. The molecule has 1 aromatic carbocycles. The Bertz CT molecular complexity index is 1950. The van der Waals surface area contributed by atoms with Gasteiger partial charge in [0.1, 0.15) is 12.3 Å². The van der Waals surface area contributed by atoms with Crippen molar-refractivity contribution in [3.63, 3.8) is 0 Å². The van der Waals surface area contributed by atoms with Crippen molar-refractivity contribution in [3.05, 3.63) is 66.0 Å². The van der Waals surface area contributed by atoms with E-state index >= 15 is 0 Å². The molecule has 0 amide bonds. The maximum Gasteiger partial charge on any atom is 0.387 e. The van der Waals surface area contributed by atoms with E-state index in [0.29, 0.717) is 39.4 Å². The Morgan fingerprint density at radius 1 is 1.18 bits per heavy atom. The van der Waals surface area contributed by atoms with Crippen molar-refractivity contribution in [1.29, 1.82) is 0 Å². The van der Waals surface area contributed by atoms with E-state index in [1.807, 2.05) is 13.8 Å². The van der Waals surface area contributed by atoms with Gasteiger partial charge in [-0.05, 0) is 62.8 Å². The van der Waals surface area contributed by atoms with E-state index in [4.69, 9.17) is 9.84 Å². The molecule has 1 aliphatic heterocycles. The zero-order chi connectivity index (χ0) is 34.3. The highest BCUT2D eigenvalue weighted by molar-refractivity contribution is 7.99. The monoisotopic (exact) mass is 691 g/mol. The number of tetrazole rings is 1. The molecule has 13 nitrogen and oxygen atoms in total. The fourth-order valence-corrected chi connectivity index (χ4v) is 7.23. The molecule has 16 heteroatoms. The van der Waals surface area contributed by atoms with Crippen molar-refractivity contribution in [2.24, 2.45) is 0 Å². The van der Waals surface area contributed by atoms with E-state index in [-0.39, 0.29) is 35.8 Å². The lowest BCUT2D eigenvalue weighted by Gasteiger charge is -2.39. The summed E-state index contributed by atoms with van der Waals surface area (Å²) in [6.07, 6.45) is 10.1. The summed E-state index contributed by atoms with van der Waals surface area (Å²) in [5, 5.41) is 22.6. The van der Waals surface area contributed by atoms with Crippen LogP contribution in [0.1, 0.15) is 60.9 Å². The van der Waals surface area contributed by atoms with E-state index in [9.17, 15) is 13.6 Å². The number of hydrogen-bond donors (Lipinski definition) is 0. The number of nitrogens with zero attached hydrogens (tertiary/aromatic N) is 11. The van der Waals surface area contributed by atoms with Crippen LogP contribution in [0.5, 0.6) is 5.75 Å². The summed E-state index contributed by atoms with van der Waals surface area (Å²) in [6.45, 7) is 4.02. The molecule has 0 bridgehead atoms. The van der Waals surface area contributed by atoms with Gasteiger partial charge in [-0.2, -0.15) is 23.8 Å². The number of ketones is 1. The zero-order valence-electron chi connectivity index (χ0n) is 27.9. The van der Waals surface area contributed by atoms with Gasteiger partial charge in [-0.25, -0.2) is 9.50 Å². The van der Waals surface area contributed by atoms with Crippen molar-refractivity contribution in [2.45, 2.75) is 74.4 Å². The first kappa shape index (κ1) is 33.2. The number of carbonyl (C=O) groups excluding carboxylic acids is 1. The predicted molar refractivity (Wildman–Crippen MR) is 179 cm³/mol. The van der Waals surface area contributed by atoms with Gasteiger partial charge < -0.3 is 9.64 Å². The lowest BCUT2D eigenvalue weighted by molar-refractivity contribution is -0.0495. The number of hydrogen-bond acceptors (Lipinski definition) is 11. The molecule has 2 aliphatic rings. The molecule has 258 valence electrons. The Hall–Kier alpha value is -4.28. The molecule has 1 saturated carbocycles. The van der Waals surface area contributed by atoms with Crippen LogP contribution in [-0.2, 0) is 13.0 Å². The highest BCUT2D eigenvalue weighted by Crippen LogP contribution is 2.43. The summed E-state index contributed by atoms with van der Waals surface area (Å²) < 4.78 is 35.2. The van der Waals surface area contributed by atoms with Crippen LogP contribution in [0.4, 0.5) is 8.78 Å². The van der Waals surface area contributed by atoms with E-state index in [0.717, 1.165) is 31.0 Å². The van der Waals surface area contributed by atoms with Gasteiger partial charge in [0.05, 0.1) is 23.5 Å². The number of rotatable bonds is 15. The highest BCUT2D eigenvalue weighted by Gasteiger charge is 2.45. The number of benzene rings is 1. The maximum absolute atomic E-state index is 13.7. The number of ether oxygens (including phenoxy) is 1. The third-order valence-electron chi connectivity index (χ3n) is 9.27. The third kappa shape index (κ3) is 7.21. The number of halogens is 2. The molecule has 0 atom stereocenters. The molecule has 4 aromatic heterocycles. The zero-order valence-corrected chi connectivity index (χ0v) is 28.7. The fraction of sp³-hybridized carbons (Fsp3) is 0.485. The van der Waals surface area contributed by atoms with Crippen LogP contribution in [-0.4, -0.2) is 111 Å². The average Bonchev–Trinajstić information content (AvgIpc) is 3.31. The number of aromatic nitrogens is 9. The van der Waals surface area contributed by atoms with Gasteiger partial charge in [-0.15, -0.1) is 22.0 Å². The second-order valence-electron chi connectivity index (χ2n) is 13.3. The Labute approximate surface area is 286 Å². The van der Waals surface area contributed by atoms with E-state index < -0.39 is 6.61 Å². The van der Waals surface area contributed by atoms with Crippen LogP contribution < -0.4 is 4.74 Å². The first-order chi connectivity index (χ1) is 23.6. The largest absolute Gasteiger partial charge is 0.434 e. The van der Waals surface area contributed by atoms with Gasteiger partial charge in [-0.3, -0.25) is 14.4 Å². The normalized spacial score (nSPS) is 16.3. The quantitative estimate of drug-likeness (QED) is 0.114. The van der Waals surface area contributed by atoms with Gasteiger partial charge in [0.2, 0.25) is 0 Å². The summed E-state index contributed by atoms with van der Waals surface area (Å²) >= 11 is 1.58. The fourth-order valence-electron chi connectivity index (χ4n) is 6.35. The van der Waals surface area contributed by atoms with Crippen LogP contribution in [0.2, 0.25) is 0 Å². The molecule has 0 unspecified atom stereocenters. The number of alkyl halides is 2. The Morgan fingerprint density at radius 3 is 2.73 bits per heavy atom. The summed E-state index contributed by atoms with van der Waals surface area (Å²) in [6, 6.07) is 6.91. The molecule has 7 rings (SSSR count). The third-order valence-corrected chi connectivity index (χ3v) is 10.3. The average molecular weight is 692 g/mol. The van der Waals surface area contributed by atoms with Crippen LogP contribution in [0.15, 0.2) is 53.9 Å². The highest BCUT2D eigenvalue weighted by atomic mass is 32.2. The van der Waals surface area contributed by atoms with Crippen LogP contribution in [0, 0.1) is 0 Å². The molecule has 1 saturated heterocycles. The summed E-state index contributed by atoms with van der Waals surface area (Å²) in [5.74, 6) is 0.182. The second-order valence-corrected chi connectivity index (χ2v) is 14.9. The standard InChI is InChI=1S/C33H39F2N11O2S/c1-21(2)49-24-6-7-28(48-32(34)35)25(15-24)30-22(14-27(47)26-16-37-45-12-5-11-36-31(26)45)17-44(40-30)20-29-38-41-46(39-29)23-18-43(19-23)13-10-33(8-9-33)42(3)4/h5-7,11-12,15-17,21,23,32H,8-10,13-14,18-20H2,1-4H3. The number of Topliss-reactive ketones (excluding diaryl/α,β-unsaturated/α-hetero) is 1. The molecular formula is C33H39F2N11O2S.